The zero-order chi connectivity index (χ0) is 36.4. The van der Waals surface area contributed by atoms with Gasteiger partial charge in [0.15, 0.2) is 0 Å². The Morgan fingerprint density at radius 1 is 0.400 bits per heavy atom. The van der Waals surface area contributed by atoms with Gasteiger partial charge in [-0.05, 0) is 88.9 Å². The predicted molar refractivity (Wildman–Crippen MR) is 192 cm³/mol. The Bertz CT molecular complexity index is 3190. The second-order valence-corrected chi connectivity index (χ2v) is 11.4. The van der Waals surface area contributed by atoms with Crippen molar-refractivity contribution in [3.05, 3.63) is 158 Å². The number of hydrogen-bond donors (Lipinski definition) is 0. The molecule has 1 heteroatoms. The summed E-state index contributed by atoms with van der Waals surface area (Å²) in [5.41, 5.74) is 3.12. The molecule has 0 atom stereocenters. The number of hydrogen-bond acceptors (Lipinski definition) is 1. The van der Waals surface area contributed by atoms with Crippen LogP contribution in [0, 0.1) is 0 Å². The molecule has 1 aromatic heterocycles. The summed E-state index contributed by atoms with van der Waals surface area (Å²) < 4.78 is 79.3. The monoisotopic (exact) mass is 578 g/mol. The molecule has 0 unspecified atom stereocenters. The summed E-state index contributed by atoms with van der Waals surface area (Å²) in [6, 6.07) is 32.3. The SMILES string of the molecule is [2H]c1c([2H])c([2H])c2c(-c3cccc4c3ccc3ccccc34)c3c([2H])c([2H])c([2H])c([2H])c3c(-c3ccc4oc5c6ccccc6ccc5c4c3)c2c1[2H]. The summed E-state index contributed by atoms with van der Waals surface area (Å²) in [5, 5.41) is 8.08. The molecule has 0 spiro atoms. The van der Waals surface area contributed by atoms with Crippen molar-refractivity contribution in [3.63, 3.8) is 0 Å². The lowest BCUT2D eigenvalue weighted by Crippen LogP contribution is -1.91. The molecule has 0 saturated carbocycles. The minimum absolute atomic E-state index is 0.180. The van der Waals surface area contributed by atoms with Crippen LogP contribution in [0.25, 0.3) is 98.1 Å². The fourth-order valence-corrected chi connectivity index (χ4v) is 7.10. The number of benzene rings is 9. The highest BCUT2D eigenvalue weighted by atomic mass is 16.3. The topological polar surface area (TPSA) is 13.1 Å². The minimum atomic E-state index is -0.430. The molecule has 0 aliphatic heterocycles. The smallest absolute Gasteiger partial charge is 0.143 e. The van der Waals surface area contributed by atoms with Crippen LogP contribution in [0.3, 0.4) is 0 Å². The van der Waals surface area contributed by atoms with Gasteiger partial charge < -0.3 is 4.42 Å². The van der Waals surface area contributed by atoms with Crippen molar-refractivity contribution in [2.24, 2.45) is 0 Å². The maximum absolute atomic E-state index is 9.40. The highest BCUT2D eigenvalue weighted by Gasteiger charge is 2.19. The standard InChI is InChI=1S/C44H26O/c1-3-12-30-27(10-1)20-23-33-32(30)18-9-19-34(33)43-37-16-7-5-14-35(37)42(36-15-6-8-17-38(36)43)29-22-25-41-40(26-29)39-24-21-28-11-2-4-13-31(28)44(39)45-41/h1-26H/i5D,6D,7D,8D,14D,15D,16D,17D. The third-order valence-corrected chi connectivity index (χ3v) is 9.08. The third-order valence-electron chi connectivity index (χ3n) is 9.08. The van der Waals surface area contributed by atoms with E-state index in [2.05, 4.69) is 0 Å². The van der Waals surface area contributed by atoms with Crippen LogP contribution in [-0.4, -0.2) is 0 Å². The van der Waals surface area contributed by atoms with E-state index >= 15 is 0 Å². The summed E-state index contributed by atoms with van der Waals surface area (Å²) in [6.07, 6.45) is 0. The second-order valence-electron chi connectivity index (χ2n) is 11.4. The first-order valence-corrected chi connectivity index (χ1v) is 14.9. The van der Waals surface area contributed by atoms with Gasteiger partial charge in [0.25, 0.3) is 0 Å². The Morgan fingerprint density at radius 3 is 1.73 bits per heavy atom. The zero-order valence-electron chi connectivity index (χ0n) is 31.8. The van der Waals surface area contributed by atoms with Gasteiger partial charge in [-0.3, -0.25) is 0 Å². The van der Waals surface area contributed by atoms with Gasteiger partial charge in [-0.1, -0.05) is 139 Å². The van der Waals surface area contributed by atoms with E-state index in [1.807, 2.05) is 103 Å². The number of furan rings is 1. The van der Waals surface area contributed by atoms with Gasteiger partial charge in [0.05, 0.1) is 11.0 Å². The van der Waals surface area contributed by atoms with Gasteiger partial charge in [-0.15, -0.1) is 0 Å². The summed E-state index contributed by atoms with van der Waals surface area (Å²) in [6.45, 7) is 0. The zero-order valence-corrected chi connectivity index (χ0v) is 23.8. The molecule has 0 bridgehead atoms. The normalized spacial score (nSPS) is 14.5. The highest BCUT2D eigenvalue weighted by Crippen LogP contribution is 2.46. The first kappa shape index (κ1) is 18.0. The van der Waals surface area contributed by atoms with Crippen molar-refractivity contribution in [2.75, 3.05) is 0 Å². The summed E-state index contributed by atoms with van der Waals surface area (Å²) in [5.74, 6) is 0. The molecule has 0 aliphatic rings. The average molecular weight is 579 g/mol. The summed E-state index contributed by atoms with van der Waals surface area (Å²) >= 11 is 0. The second kappa shape index (κ2) is 9.29. The Morgan fingerprint density at radius 2 is 1.00 bits per heavy atom. The lowest BCUT2D eigenvalue weighted by molar-refractivity contribution is 0.672. The quantitative estimate of drug-likeness (QED) is 0.147. The lowest BCUT2D eigenvalue weighted by Gasteiger charge is -2.19. The van der Waals surface area contributed by atoms with E-state index in [4.69, 9.17) is 9.90 Å². The number of fused-ring (bicyclic) bond motifs is 10. The molecule has 0 fully saturated rings. The molecule has 208 valence electrons. The van der Waals surface area contributed by atoms with Crippen LogP contribution in [0.5, 0.6) is 0 Å². The Kier molecular flexibility index (Phi) is 3.72. The predicted octanol–water partition coefficient (Wildman–Crippen LogP) is 12.7. The molecule has 0 aliphatic carbocycles. The Labute approximate surface area is 270 Å². The highest BCUT2D eigenvalue weighted by molar-refractivity contribution is 6.25. The van der Waals surface area contributed by atoms with Gasteiger partial charge in [-0.25, -0.2) is 0 Å². The molecule has 10 rings (SSSR count). The van der Waals surface area contributed by atoms with E-state index in [1.165, 1.54) is 0 Å². The minimum Gasteiger partial charge on any atom is -0.455 e. The van der Waals surface area contributed by atoms with E-state index < -0.39 is 24.2 Å². The molecule has 45 heavy (non-hydrogen) atoms. The molecule has 1 nitrogen and oxygen atoms in total. The van der Waals surface area contributed by atoms with E-state index in [0.717, 1.165) is 43.1 Å². The molecule has 0 saturated heterocycles. The van der Waals surface area contributed by atoms with Gasteiger partial charge >= 0.3 is 0 Å². The molecule has 0 N–H and O–H groups in total. The Balaban J connectivity index is 1.44. The van der Waals surface area contributed by atoms with Crippen LogP contribution < -0.4 is 0 Å². The van der Waals surface area contributed by atoms with Crippen molar-refractivity contribution in [2.45, 2.75) is 0 Å². The van der Waals surface area contributed by atoms with Crippen LogP contribution in [0.4, 0.5) is 0 Å². The van der Waals surface area contributed by atoms with Crippen LogP contribution in [-0.2, 0) is 0 Å². The van der Waals surface area contributed by atoms with E-state index in [-0.39, 0.29) is 45.7 Å². The van der Waals surface area contributed by atoms with E-state index in [1.54, 1.807) is 6.07 Å². The maximum atomic E-state index is 9.40. The van der Waals surface area contributed by atoms with Crippen molar-refractivity contribution in [1.29, 1.82) is 0 Å². The average Bonchev–Trinajstić information content (AvgIpc) is 3.57. The van der Waals surface area contributed by atoms with Crippen molar-refractivity contribution >= 4 is 75.8 Å². The molecule has 9 aromatic carbocycles. The van der Waals surface area contributed by atoms with Crippen LogP contribution in [0.1, 0.15) is 11.0 Å². The largest absolute Gasteiger partial charge is 0.455 e. The molecule has 1 heterocycles. The fraction of sp³-hybridized carbons (Fsp3) is 0. The van der Waals surface area contributed by atoms with Crippen molar-refractivity contribution < 1.29 is 15.4 Å². The first-order valence-electron chi connectivity index (χ1n) is 18.9. The van der Waals surface area contributed by atoms with Gasteiger partial charge in [-0.2, -0.15) is 0 Å². The summed E-state index contributed by atoms with van der Waals surface area (Å²) in [7, 11) is 0. The van der Waals surface area contributed by atoms with Crippen LogP contribution in [0.15, 0.2) is 162 Å². The van der Waals surface area contributed by atoms with Crippen molar-refractivity contribution in [1.82, 2.24) is 0 Å². The number of rotatable bonds is 2. The Hall–Kier alpha value is -5.92. The van der Waals surface area contributed by atoms with Gasteiger partial charge in [0.2, 0.25) is 0 Å². The van der Waals surface area contributed by atoms with E-state index in [0.29, 0.717) is 33.4 Å². The molecule has 0 amide bonds. The van der Waals surface area contributed by atoms with Crippen LogP contribution in [0.2, 0.25) is 0 Å². The maximum Gasteiger partial charge on any atom is 0.143 e. The fourth-order valence-electron chi connectivity index (χ4n) is 7.10. The van der Waals surface area contributed by atoms with E-state index in [9.17, 15) is 5.48 Å². The van der Waals surface area contributed by atoms with Crippen LogP contribution >= 0.6 is 0 Å². The lowest BCUT2D eigenvalue weighted by atomic mass is 9.84. The molecular formula is C44H26O. The molecule has 10 aromatic rings. The first-order chi connectivity index (χ1) is 25.7. The third kappa shape index (κ3) is 3.50. The molecule has 0 radical (unpaired) electrons. The van der Waals surface area contributed by atoms with Crippen molar-refractivity contribution in [3.8, 4) is 22.3 Å². The molecular weight excluding hydrogens is 544 g/mol. The summed E-state index contributed by atoms with van der Waals surface area (Å²) in [4.78, 5) is 0. The van der Waals surface area contributed by atoms with Gasteiger partial charge in [0.1, 0.15) is 11.2 Å². The van der Waals surface area contributed by atoms with Gasteiger partial charge in [0, 0.05) is 16.2 Å².